The lowest BCUT2D eigenvalue weighted by Crippen LogP contribution is -2.25. The van der Waals surface area contributed by atoms with Crippen molar-refractivity contribution in [3.05, 3.63) is 71.4 Å². The first-order valence-corrected chi connectivity index (χ1v) is 8.81. The molecular formula is C21H21N3O3. The van der Waals surface area contributed by atoms with Gasteiger partial charge < -0.3 is 14.8 Å². The Morgan fingerprint density at radius 1 is 1.07 bits per heavy atom. The van der Waals surface area contributed by atoms with Gasteiger partial charge >= 0.3 is 0 Å². The number of ether oxygens (including phenoxy) is 2. The number of hydrogen-bond acceptors (Lipinski definition) is 4. The molecular weight excluding hydrogens is 342 g/mol. The minimum atomic E-state index is -0.136. The van der Waals surface area contributed by atoms with Gasteiger partial charge in [-0.05, 0) is 11.6 Å². The molecule has 0 spiro atoms. The maximum Gasteiger partial charge on any atom is 0.226 e. The Morgan fingerprint density at radius 3 is 2.63 bits per heavy atom. The van der Waals surface area contributed by atoms with Gasteiger partial charge in [0.1, 0.15) is 5.82 Å². The van der Waals surface area contributed by atoms with Gasteiger partial charge in [-0.15, -0.1) is 0 Å². The molecule has 3 aromatic rings. The topological polar surface area (TPSA) is 65.4 Å². The Labute approximate surface area is 157 Å². The van der Waals surface area contributed by atoms with Gasteiger partial charge in [0.15, 0.2) is 11.5 Å². The fourth-order valence-electron chi connectivity index (χ4n) is 3.61. The molecule has 0 aliphatic carbocycles. The predicted molar refractivity (Wildman–Crippen MR) is 102 cm³/mol. The van der Waals surface area contributed by atoms with Crippen molar-refractivity contribution >= 4 is 11.7 Å². The third-order valence-corrected chi connectivity index (χ3v) is 4.87. The van der Waals surface area contributed by atoms with Crippen molar-refractivity contribution < 1.29 is 14.3 Å². The zero-order valence-corrected chi connectivity index (χ0v) is 15.3. The van der Waals surface area contributed by atoms with Crippen molar-refractivity contribution in [2.75, 3.05) is 19.5 Å². The molecule has 27 heavy (non-hydrogen) atoms. The van der Waals surface area contributed by atoms with Crippen LogP contribution in [0.3, 0.4) is 0 Å². The van der Waals surface area contributed by atoms with Gasteiger partial charge in [0, 0.05) is 23.5 Å². The van der Waals surface area contributed by atoms with E-state index in [1.165, 1.54) is 0 Å². The molecule has 1 aromatic heterocycles. The van der Waals surface area contributed by atoms with Gasteiger partial charge in [-0.25, -0.2) is 4.68 Å². The van der Waals surface area contributed by atoms with Gasteiger partial charge in [0.25, 0.3) is 0 Å². The summed E-state index contributed by atoms with van der Waals surface area (Å²) in [5, 5.41) is 7.52. The van der Waals surface area contributed by atoms with E-state index >= 15 is 0 Å². The Morgan fingerprint density at radius 2 is 1.89 bits per heavy atom. The van der Waals surface area contributed by atoms with E-state index in [-0.39, 0.29) is 11.8 Å². The van der Waals surface area contributed by atoms with Crippen molar-refractivity contribution in [1.29, 1.82) is 0 Å². The van der Waals surface area contributed by atoms with Gasteiger partial charge in [0.05, 0.1) is 27.0 Å². The van der Waals surface area contributed by atoms with E-state index in [9.17, 15) is 4.79 Å². The standard InChI is InChI=1S/C21H21N3O3/c1-26-18-10-6-9-15(20(18)27-2)16-11-19(25)23-21-17(16)12-22-24(21)13-14-7-4-3-5-8-14/h3-10,12,16H,11,13H2,1-2H3,(H,23,25). The molecule has 138 valence electrons. The van der Waals surface area contributed by atoms with Crippen LogP contribution in [-0.2, 0) is 11.3 Å². The fraction of sp³-hybridized carbons (Fsp3) is 0.238. The van der Waals surface area contributed by atoms with Crippen molar-refractivity contribution in [2.24, 2.45) is 0 Å². The van der Waals surface area contributed by atoms with Crippen molar-refractivity contribution in [3.63, 3.8) is 0 Å². The van der Waals surface area contributed by atoms with Gasteiger partial charge in [-0.1, -0.05) is 42.5 Å². The second kappa shape index (κ2) is 7.15. The number of para-hydroxylation sites is 1. The summed E-state index contributed by atoms with van der Waals surface area (Å²) in [7, 11) is 3.22. The van der Waals surface area contributed by atoms with E-state index in [4.69, 9.17) is 9.47 Å². The molecule has 4 rings (SSSR count). The van der Waals surface area contributed by atoms with Crippen molar-refractivity contribution in [1.82, 2.24) is 9.78 Å². The number of nitrogens with zero attached hydrogens (tertiary/aromatic N) is 2. The van der Waals surface area contributed by atoms with Crippen LogP contribution in [0.1, 0.15) is 29.0 Å². The number of nitrogens with one attached hydrogen (secondary N) is 1. The van der Waals surface area contributed by atoms with Crippen LogP contribution in [0.25, 0.3) is 0 Å². The average molecular weight is 363 g/mol. The van der Waals surface area contributed by atoms with E-state index < -0.39 is 0 Å². The first-order chi connectivity index (χ1) is 13.2. The van der Waals surface area contributed by atoms with Crippen LogP contribution in [-0.4, -0.2) is 29.9 Å². The number of anilines is 1. The predicted octanol–water partition coefficient (Wildman–Crippen LogP) is 3.42. The lowest BCUT2D eigenvalue weighted by atomic mass is 9.86. The molecule has 0 radical (unpaired) electrons. The van der Waals surface area contributed by atoms with Gasteiger partial charge in [-0.3, -0.25) is 4.79 Å². The van der Waals surface area contributed by atoms with E-state index in [2.05, 4.69) is 10.4 Å². The number of hydrogen-bond donors (Lipinski definition) is 1. The van der Waals surface area contributed by atoms with Gasteiger partial charge in [0.2, 0.25) is 5.91 Å². The average Bonchev–Trinajstić information content (AvgIpc) is 3.10. The molecule has 6 nitrogen and oxygen atoms in total. The van der Waals surface area contributed by atoms with Crippen LogP contribution in [0.2, 0.25) is 0 Å². The number of methoxy groups -OCH3 is 2. The third-order valence-electron chi connectivity index (χ3n) is 4.87. The molecule has 1 atom stereocenters. The summed E-state index contributed by atoms with van der Waals surface area (Å²) in [5.41, 5.74) is 3.03. The van der Waals surface area contributed by atoms with E-state index in [1.807, 2.05) is 59.4 Å². The second-order valence-electron chi connectivity index (χ2n) is 6.48. The van der Waals surface area contributed by atoms with Crippen LogP contribution in [0.15, 0.2) is 54.7 Å². The molecule has 1 unspecified atom stereocenters. The Kier molecular flexibility index (Phi) is 4.54. The maximum atomic E-state index is 12.4. The number of carbonyl (C=O) groups excluding carboxylic acids is 1. The molecule has 1 amide bonds. The lowest BCUT2D eigenvalue weighted by Gasteiger charge is -2.25. The number of carbonyl (C=O) groups is 1. The largest absolute Gasteiger partial charge is 0.493 e. The van der Waals surface area contributed by atoms with E-state index in [0.717, 1.165) is 22.5 Å². The number of aromatic nitrogens is 2. The Bertz CT molecular complexity index is 966. The molecule has 0 fully saturated rings. The highest BCUT2D eigenvalue weighted by atomic mass is 16.5. The Hall–Kier alpha value is -3.28. The summed E-state index contributed by atoms with van der Waals surface area (Å²) in [6.45, 7) is 0.596. The minimum Gasteiger partial charge on any atom is -0.493 e. The summed E-state index contributed by atoms with van der Waals surface area (Å²) >= 11 is 0. The number of benzene rings is 2. The fourth-order valence-corrected chi connectivity index (χ4v) is 3.61. The molecule has 2 heterocycles. The monoisotopic (exact) mass is 363 g/mol. The summed E-state index contributed by atoms with van der Waals surface area (Å²) in [4.78, 5) is 12.4. The van der Waals surface area contributed by atoms with E-state index in [1.54, 1.807) is 14.2 Å². The SMILES string of the molecule is COc1cccc(C2CC(=O)Nc3c2cnn3Cc2ccccc2)c1OC. The highest BCUT2D eigenvalue weighted by molar-refractivity contribution is 5.94. The molecule has 2 aromatic carbocycles. The Balaban J connectivity index is 1.76. The third kappa shape index (κ3) is 3.14. The number of rotatable bonds is 5. The quantitative estimate of drug-likeness (QED) is 0.754. The molecule has 0 bridgehead atoms. The normalized spacial score (nSPS) is 15.8. The molecule has 0 saturated carbocycles. The summed E-state index contributed by atoms with van der Waals surface area (Å²) in [6.07, 6.45) is 2.18. The highest BCUT2D eigenvalue weighted by Gasteiger charge is 2.32. The molecule has 6 heteroatoms. The lowest BCUT2D eigenvalue weighted by molar-refractivity contribution is -0.116. The summed E-state index contributed by atoms with van der Waals surface area (Å²) in [5.74, 6) is 1.88. The van der Waals surface area contributed by atoms with E-state index in [0.29, 0.717) is 24.5 Å². The minimum absolute atomic E-state index is 0.0350. The summed E-state index contributed by atoms with van der Waals surface area (Å²) < 4.78 is 12.8. The van der Waals surface area contributed by atoms with Crippen LogP contribution < -0.4 is 14.8 Å². The highest BCUT2D eigenvalue weighted by Crippen LogP contribution is 2.43. The van der Waals surface area contributed by atoms with Crippen LogP contribution in [0, 0.1) is 0 Å². The first-order valence-electron chi connectivity index (χ1n) is 8.81. The maximum absolute atomic E-state index is 12.4. The summed E-state index contributed by atoms with van der Waals surface area (Å²) in [6, 6.07) is 15.8. The molecule has 1 aliphatic heterocycles. The van der Waals surface area contributed by atoms with Crippen molar-refractivity contribution in [3.8, 4) is 11.5 Å². The van der Waals surface area contributed by atoms with Crippen LogP contribution in [0.5, 0.6) is 11.5 Å². The van der Waals surface area contributed by atoms with Crippen LogP contribution >= 0.6 is 0 Å². The van der Waals surface area contributed by atoms with Gasteiger partial charge in [-0.2, -0.15) is 5.10 Å². The smallest absolute Gasteiger partial charge is 0.226 e. The second-order valence-corrected chi connectivity index (χ2v) is 6.48. The van der Waals surface area contributed by atoms with Crippen LogP contribution in [0.4, 0.5) is 5.82 Å². The van der Waals surface area contributed by atoms with Crippen molar-refractivity contribution in [2.45, 2.75) is 18.9 Å². The molecule has 1 N–H and O–H groups in total. The first kappa shape index (κ1) is 17.1. The number of amides is 1. The zero-order chi connectivity index (χ0) is 18.8. The zero-order valence-electron chi connectivity index (χ0n) is 15.3. The molecule has 0 saturated heterocycles. The number of fused-ring (bicyclic) bond motifs is 1. The molecule has 1 aliphatic rings.